The fourth-order valence-corrected chi connectivity index (χ4v) is 5.04. The molecule has 0 aromatic carbocycles. The van der Waals surface area contributed by atoms with Gasteiger partial charge in [-0.3, -0.25) is 4.99 Å². The SMILES string of the molecule is CN=C(NCC1CCN(S(=O)(=O)C(F)(F)F)CC1)N1CCOC(C2CCCO2)C1.I. The molecule has 1 N–H and O–H groups in total. The number of nitrogens with one attached hydrogen (secondary N) is 1. The topological polar surface area (TPSA) is 83.5 Å². The summed E-state index contributed by atoms with van der Waals surface area (Å²) >= 11 is 0. The highest BCUT2D eigenvalue weighted by Gasteiger charge is 2.50. The fraction of sp³-hybridized carbons (Fsp3) is 0.941. The molecule has 0 amide bonds. The van der Waals surface area contributed by atoms with Crippen LogP contribution >= 0.6 is 24.0 Å². The Morgan fingerprint density at radius 1 is 1.10 bits per heavy atom. The minimum atomic E-state index is -5.24. The Balaban J connectivity index is 0.00000320. The van der Waals surface area contributed by atoms with Crippen molar-refractivity contribution in [3.63, 3.8) is 0 Å². The van der Waals surface area contributed by atoms with Crippen LogP contribution in [0.3, 0.4) is 0 Å². The summed E-state index contributed by atoms with van der Waals surface area (Å²) in [7, 11) is -3.54. The number of rotatable bonds is 4. The number of morpholine rings is 1. The van der Waals surface area contributed by atoms with Crippen molar-refractivity contribution in [3.8, 4) is 0 Å². The third-order valence-corrected chi connectivity index (χ3v) is 7.37. The van der Waals surface area contributed by atoms with Crippen LogP contribution in [0.15, 0.2) is 4.99 Å². The number of hydrogen-bond donors (Lipinski definition) is 1. The molecular formula is C17H30F3IN4O4S. The summed E-state index contributed by atoms with van der Waals surface area (Å²) < 4.78 is 73.2. The normalized spacial score (nSPS) is 27.7. The number of alkyl halides is 3. The first-order valence-corrected chi connectivity index (χ1v) is 11.4. The molecule has 3 heterocycles. The van der Waals surface area contributed by atoms with Gasteiger partial charge >= 0.3 is 15.5 Å². The lowest BCUT2D eigenvalue weighted by atomic mass is 9.98. The number of ether oxygens (including phenoxy) is 2. The Bertz CT molecular complexity index is 681. The van der Waals surface area contributed by atoms with Gasteiger partial charge in [0.15, 0.2) is 5.96 Å². The standard InChI is InChI=1S/C17H29F3N4O4S.HI/c1-21-16(23-8-10-28-15(12-23)14-3-2-9-27-14)22-11-13-4-6-24(7-5-13)29(25,26)17(18,19)20;/h13-15H,2-12H2,1H3,(H,21,22);1H. The van der Waals surface area contributed by atoms with Crippen molar-refractivity contribution in [1.82, 2.24) is 14.5 Å². The van der Waals surface area contributed by atoms with E-state index in [2.05, 4.69) is 15.2 Å². The maximum absolute atomic E-state index is 12.7. The zero-order valence-electron chi connectivity index (χ0n) is 16.9. The Morgan fingerprint density at radius 2 is 1.77 bits per heavy atom. The lowest BCUT2D eigenvalue weighted by molar-refractivity contribution is -0.0817. The van der Waals surface area contributed by atoms with Crippen LogP contribution in [0.2, 0.25) is 0 Å². The second kappa shape index (κ2) is 11.0. The van der Waals surface area contributed by atoms with Crippen molar-refractivity contribution >= 4 is 40.0 Å². The van der Waals surface area contributed by atoms with E-state index in [0.29, 0.717) is 43.4 Å². The molecule has 3 rings (SSSR count). The highest BCUT2D eigenvalue weighted by molar-refractivity contribution is 14.0. The van der Waals surface area contributed by atoms with Gasteiger partial charge < -0.3 is 19.7 Å². The van der Waals surface area contributed by atoms with Gasteiger partial charge in [0.05, 0.1) is 12.7 Å². The summed E-state index contributed by atoms with van der Waals surface area (Å²) in [4.78, 5) is 6.43. The Morgan fingerprint density at radius 3 is 2.33 bits per heavy atom. The summed E-state index contributed by atoms with van der Waals surface area (Å²) in [6.07, 6.45) is 2.89. The molecule has 13 heteroatoms. The molecule has 3 fully saturated rings. The van der Waals surface area contributed by atoms with Gasteiger partial charge in [-0.15, -0.1) is 24.0 Å². The minimum Gasteiger partial charge on any atom is -0.375 e. The zero-order valence-corrected chi connectivity index (χ0v) is 20.1. The van der Waals surface area contributed by atoms with Crippen LogP contribution < -0.4 is 5.32 Å². The zero-order chi connectivity index (χ0) is 21.1. The first-order valence-electron chi connectivity index (χ1n) is 9.97. The fourth-order valence-electron chi connectivity index (χ4n) is 4.06. The van der Waals surface area contributed by atoms with E-state index in [-0.39, 0.29) is 55.2 Å². The molecule has 3 saturated heterocycles. The van der Waals surface area contributed by atoms with Crippen molar-refractivity contribution in [2.75, 3.05) is 53.0 Å². The van der Waals surface area contributed by atoms with Gasteiger partial charge in [0.2, 0.25) is 0 Å². The van der Waals surface area contributed by atoms with Gasteiger partial charge in [-0.2, -0.15) is 17.5 Å². The van der Waals surface area contributed by atoms with Crippen molar-refractivity contribution < 1.29 is 31.1 Å². The molecular weight excluding hydrogens is 540 g/mol. The van der Waals surface area contributed by atoms with Gasteiger partial charge in [-0.25, -0.2) is 8.42 Å². The first kappa shape index (κ1) is 25.9. The number of hydrogen-bond acceptors (Lipinski definition) is 5. The van der Waals surface area contributed by atoms with Crippen molar-refractivity contribution in [1.29, 1.82) is 0 Å². The largest absolute Gasteiger partial charge is 0.511 e. The van der Waals surface area contributed by atoms with Crippen molar-refractivity contribution in [2.24, 2.45) is 10.9 Å². The number of sulfonamides is 1. The third kappa shape index (κ3) is 6.11. The summed E-state index contributed by atoms with van der Waals surface area (Å²) in [5, 5.41) is 3.29. The number of nitrogens with zero attached hydrogens (tertiary/aromatic N) is 3. The number of piperidine rings is 1. The highest BCUT2D eigenvalue weighted by atomic mass is 127. The molecule has 8 nitrogen and oxygen atoms in total. The predicted molar refractivity (Wildman–Crippen MR) is 116 cm³/mol. The van der Waals surface area contributed by atoms with Crippen LogP contribution in [0.1, 0.15) is 25.7 Å². The lowest BCUT2D eigenvalue weighted by Crippen LogP contribution is -2.54. The molecule has 3 aliphatic heterocycles. The highest BCUT2D eigenvalue weighted by Crippen LogP contribution is 2.30. The second-order valence-electron chi connectivity index (χ2n) is 7.63. The smallest absolute Gasteiger partial charge is 0.375 e. The van der Waals surface area contributed by atoms with E-state index in [4.69, 9.17) is 9.47 Å². The van der Waals surface area contributed by atoms with E-state index >= 15 is 0 Å². The molecule has 2 atom stereocenters. The van der Waals surface area contributed by atoms with E-state index < -0.39 is 15.5 Å². The lowest BCUT2D eigenvalue weighted by Gasteiger charge is -2.38. The predicted octanol–water partition coefficient (Wildman–Crippen LogP) is 1.62. The minimum absolute atomic E-state index is 0. The third-order valence-electron chi connectivity index (χ3n) is 5.74. The Labute approximate surface area is 192 Å². The average molecular weight is 570 g/mol. The van der Waals surface area contributed by atoms with Crippen LogP contribution in [0.4, 0.5) is 13.2 Å². The monoisotopic (exact) mass is 570 g/mol. The molecule has 0 bridgehead atoms. The maximum Gasteiger partial charge on any atom is 0.511 e. The Kier molecular flexibility index (Phi) is 9.46. The van der Waals surface area contributed by atoms with Gasteiger partial charge in [-0.1, -0.05) is 0 Å². The van der Waals surface area contributed by atoms with Crippen molar-refractivity contribution in [2.45, 2.75) is 43.4 Å². The molecule has 0 aromatic rings. The van der Waals surface area contributed by atoms with E-state index in [1.54, 1.807) is 7.05 Å². The van der Waals surface area contributed by atoms with E-state index in [1.807, 2.05) is 0 Å². The molecule has 0 aromatic heterocycles. The van der Waals surface area contributed by atoms with Crippen LogP contribution in [-0.4, -0.2) is 94.3 Å². The van der Waals surface area contributed by atoms with Crippen molar-refractivity contribution in [3.05, 3.63) is 0 Å². The number of aliphatic imine (C=N–C) groups is 1. The van der Waals surface area contributed by atoms with E-state index in [9.17, 15) is 21.6 Å². The maximum atomic E-state index is 12.7. The van der Waals surface area contributed by atoms with E-state index in [0.717, 1.165) is 25.4 Å². The first-order chi connectivity index (χ1) is 13.7. The molecule has 0 saturated carbocycles. The average Bonchev–Trinajstić information content (AvgIpc) is 3.23. The van der Waals surface area contributed by atoms with Gasteiger partial charge in [0.25, 0.3) is 0 Å². The Hall–Kier alpha value is -0.380. The molecule has 176 valence electrons. The summed E-state index contributed by atoms with van der Waals surface area (Å²) in [6.45, 7) is 3.02. The molecule has 0 spiro atoms. The van der Waals surface area contributed by atoms with Gasteiger partial charge in [0, 0.05) is 46.4 Å². The van der Waals surface area contributed by atoms with Gasteiger partial charge in [0.1, 0.15) is 6.10 Å². The molecule has 0 radical (unpaired) electrons. The quantitative estimate of drug-likeness (QED) is 0.315. The van der Waals surface area contributed by atoms with Gasteiger partial charge in [-0.05, 0) is 31.6 Å². The van der Waals surface area contributed by atoms with Crippen LogP contribution in [0.25, 0.3) is 0 Å². The molecule has 0 aliphatic carbocycles. The second-order valence-corrected chi connectivity index (χ2v) is 9.56. The van der Waals surface area contributed by atoms with Crippen LogP contribution in [0, 0.1) is 5.92 Å². The van der Waals surface area contributed by atoms with Crippen LogP contribution in [0.5, 0.6) is 0 Å². The summed E-state index contributed by atoms with van der Waals surface area (Å²) in [5.41, 5.74) is -5.24. The molecule has 3 aliphatic rings. The summed E-state index contributed by atoms with van der Waals surface area (Å²) in [5.74, 6) is 0.808. The molecule has 30 heavy (non-hydrogen) atoms. The number of halogens is 4. The molecule has 2 unspecified atom stereocenters. The van der Waals surface area contributed by atoms with E-state index in [1.165, 1.54) is 0 Å². The van der Waals surface area contributed by atoms with Crippen LogP contribution in [-0.2, 0) is 19.5 Å². The summed E-state index contributed by atoms with van der Waals surface area (Å²) in [6, 6.07) is 0. The number of guanidine groups is 1.